The second-order valence-corrected chi connectivity index (χ2v) is 13.0. The Morgan fingerprint density at radius 1 is 1.09 bits per heavy atom. The minimum absolute atomic E-state index is 0.122. The van der Waals surface area contributed by atoms with Gasteiger partial charge in [0.2, 0.25) is 0 Å². The molecule has 4 aliphatic carbocycles. The first kappa shape index (κ1) is 23.9. The van der Waals surface area contributed by atoms with E-state index in [0.717, 1.165) is 74.8 Å². The van der Waals surface area contributed by atoms with Gasteiger partial charge in [-0.1, -0.05) is 20.8 Å². The summed E-state index contributed by atoms with van der Waals surface area (Å²) in [6.07, 6.45) is 10.8. The zero-order valence-electron chi connectivity index (χ0n) is 21.4. The average Bonchev–Trinajstić information content (AvgIpc) is 3.41. The normalized spacial score (nSPS) is 46.1. The molecule has 6 nitrogen and oxygen atoms in total. The summed E-state index contributed by atoms with van der Waals surface area (Å²) in [7, 11) is 0. The molecule has 2 aromatic rings. The van der Waals surface area contributed by atoms with Gasteiger partial charge < -0.3 is 19.7 Å². The van der Waals surface area contributed by atoms with Gasteiger partial charge in [0.1, 0.15) is 5.52 Å². The van der Waals surface area contributed by atoms with Crippen molar-refractivity contribution in [2.24, 2.45) is 46.3 Å². The van der Waals surface area contributed by atoms with Crippen LogP contribution < -0.4 is 0 Å². The van der Waals surface area contributed by atoms with Gasteiger partial charge in [-0.3, -0.25) is 4.98 Å². The highest BCUT2D eigenvalue weighted by atomic mass is 16.3. The third-order valence-electron chi connectivity index (χ3n) is 11.6. The lowest BCUT2D eigenvalue weighted by atomic mass is 9.43. The number of fused-ring (bicyclic) bond motifs is 6. The highest BCUT2D eigenvalue weighted by Gasteiger charge is 2.65. The van der Waals surface area contributed by atoms with E-state index in [2.05, 4.69) is 30.7 Å². The van der Waals surface area contributed by atoms with Gasteiger partial charge in [-0.25, -0.2) is 4.98 Å². The lowest BCUT2D eigenvalue weighted by Crippen LogP contribution is -2.62. The summed E-state index contributed by atoms with van der Waals surface area (Å²) < 4.78 is 5.91. The number of aliphatic hydroxyl groups is 3. The van der Waals surface area contributed by atoms with E-state index >= 15 is 0 Å². The van der Waals surface area contributed by atoms with Crippen molar-refractivity contribution in [1.82, 2.24) is 9.97 Å². The monoisotopic (exact) mass is 482 g/mol. The van der Waals surface area contributed by atoms with E-state index in [4.69, 9.17) is 4.42 Å². The van der Waals surface area contributed by atoms with Crippen molar-refractivity contribution < 1.29 is 19.7 Å². The van der Waals surface area contributed by atoms with E-state index in [1.165, 1.54) is 0 Å². The Labute approximate surface area is 208 Å². The zero-order valence-corrected chi connectivity index (χ0v) is 21.4. The second kappa shape index (κ2) is 8.53. The van der Waals surface area contributed by atoms with Crippen LogP contribution in [0.3, 0.4) is 0 Å². The Hall–Kier alpha value is -1.50. The van der Waals surface area contributed by atoms with Crippen LogP contribution in [-0.2, 0) is 6.42 Å². The maximum absolute atomic E-state index is 11.8. The molecule has 11 atom stereocenters. The number of aliphatic hydroxyl groups excluding tert-OH is 3. The van der Waals surface area contributed by atoms with E-state index in [-0.39, 0.29) is 35.1 Å². The van der Waals surface area contributed by atoms with E-state index < -0.39 is 0 Å². The van der Waals surface area contributed by atoms with E-state index in [1.54, 1.807) is 12.4 Å². The molecule has 4 fully saturated rings. The van der Waals surface area contributed by atoms with Crippen molar-refractivity contribution in [2.45, 2.75) is 96.9 Å². The summed E-state index contributed by atoms with van der Waals surface area (Å²) >= 11 is 0. The van der Waals surface area contributed by atoms with E-state index in [0.29, 0.717) is 29.6 Å². The van der Waals surface area contributed by atoms with Crippen molar-refractivity contribution in [3.63, 3.8) is 0 Å². The molecule has 0 aromatic carbocycles. The van der Waals surface area contributed by atoms with Crippen molar-refractivity contribution in [2.75, 3.05) is 0 Å². The number of nitrogens with zero attached hydrogens (tertiary/aromatic N) is 2. The molecule has 0 saturated heterocycles. The summed E-state index contributed by atoms with van der Waals surface area (Å²) in [6.45, 7) is 7.05. The Balaban J connectivity index is 1.21. The van der Waals surface area contributed by atoms with Crippen molar-refractivity contribution in [3.05, 3.63) is 24.4 Å². The number of hydrogen-bond donors (Lipinski definition) is 3. The van der Waals surface area contributed by atoms with Gasteiger partial charge in [0.15, 0.2) is 11.5 Å². The number of oxazole rings is 1. The Morgan fingerprint density at radius 2 is 1.91 bits per heavy atom. The molecular formula is C29H42N2O4. The third-order valence-corrected chi connectivity index (χ3v) is 11.6. The fourth-order valence-corrected chi connectivity index (χ4v) is 9.62. The highest BCUT2D eigenvalue weighted by Crippen LogP contribution is 2.68. The van der Waals surface area contributed by atoms with Crippen LogP contribution in [0.5, 0.6) is 0 Å². The quantitative estimate of drug-likeness (QED) is 0.581. The van der Waals surface area contributed by atoms with Gasteiger partial charge in [-0.15, -0.1) is 0 Å². The summed E-state index contributed by atoms with van der Waals surface area (Å²) in [5.41, 5.74) is 1.56. The summed E-state index contributed by atoms with van der Waals surface area (Å²) in [6, 6.07) is 1.89. The third kappa shape index (κ3) is 3.61. The van der Waals surface area contributed by atoms with Gasteiger partial charge in [-0.05, 0) is 104 Å². The van der Waals surface area contributed by atoms with E-state index in [9.17, 15) is 15.3 Å². The number of hydrogen-bond acceptors (Lipinski definition) is 6. The largest absolute Gasteiger partial charge is 0.439 e. The minimum Gasteiger partial charge on any atom is -0.439 e. The van der Waals surface area contributed by atoms with Gasteiger partial charge in [0.25, 0.3) is 0 Å². The van der Waals surface area contributed by atoms with Crippen molar-refractivity contribution >= 4 is 11.1 Å². The maximum Gasteiger partial charge on any atom is 0.195 e. The highest BCUT2D eigenvalue weighted by molar-refractivity contribution is 5.70. The fraction of sp³-hybridized carbons (Fsp3) is 0.793. The van der Waals surface area contributed by atoms with Crippen LogP contribution in [0.15, 0.2) is 22.9 Å². The molecule has 4 saturated carbocycles. The number of aromatic nitrogens is 2. The molecule has 0 spiro atoms. The van der Waals surface area contributed by atoms with Crippen LogP contribution >= 0.6 is 0 Å². The predicted molar refractivity (Wildman–Crippen MR) is 133 cm³/mol. The number of rotatable bonds is 4. The van der Waals surface area contributed by atoms with Crippen LogP contribution in [-0.4, -0.2) is 43.6 Å². The minimum atomic E-state index is -0.339. The summed E-state index contributed by atoms with van der Waals surface area (Å²) in [4.78, 5) is 8.76. The van der Waals surface area contributed by atoms with Crippen LogP contribution in [0, 0.1) is 46.3 Å². The molecule has 0 aliphatic heterocycles. The molecule has 0 bridgehead atoms. The zero-order chi connectivity index (χ0) is 24.5. The first-order chi connectivity index (χ1) is 16.7. The van der Waals surface area contributed by atoms with Gasteiger partial charge in [0.05, 0.1) is 24.5 Å². The molecule has 0 radical (unpaired) electrons. The molecule has 1 unspecified atom stereocenters. The summed E-state index contributed by atoms with van der Waals surface area (Å²) in [5.74, 6) is 2.98. The van der Waals surface area contributed by atoms with Crippen LogP contribution in [0.2, 0.25) is 0 Å². The smallest absolute Gasteiger partial charge is 0.195 e. The molecule has 6 heteroatoms. The Bertz CT molecular complexity index is 1040. The molecule has 0 amide bonds. The second-order valence-electron chi connectivity index (χ2n) is 13.0. The van der Waals surface area contributed by atoms with Crippen molar-refractivity contribution in [3.8, 4) is 0 Å². The molecule has 35 heavy (non-hydrogen) atoms. The predicted octanol–water partition coefficient (Wildman–Crippen LogP) is 4.75. The van der Waals surface area contributed by atoms with Gasteiger partial charge >= 0.3 is 0 Å². The molecule has 192 valence electrons. The van der Waals surface area contributed by atoms with Crippen LogP contribution in [0.1, 0.15) is 78.0 Å². The van der Waals surface area contributed by atoms with Gasteiger partial charge in [0, 0.05) is 12.6 Å². The van der Waals surface area contributed by atoms with Crippen LogP contribution in [0.25, 0.3) is 11.1 Å². The molecule has 2 aromatic heterocycles. The van der Waals surface area contributed by atoms with E-state index in [1.807, 2.05) is 6.07 Å². The summed E-state index contributed by atoms with van der Waals surface area (Å²) in [5, 5.41) is 33.5. The molecule has 6 rings (SSSR count). The molecular weight excluding hydrogens is 440 g/mol. The number of aryl methyl sites for hydroxylation is 1. The first-order valence-electron chi connectivity index (χ1n) is 14.0. The topological polar surface area (TPSA) is 99.6 Å². The Kier molecular flexibility index (Phi) is 5.82. The van der Waals surface area contributed by atoms with Crippen molar-refractivity contribution in [1.29, 1.82) is 0 Å². The molecule has 3 N–H and O–H groups in total. The SMILES string of the molecule is CC(CCc1nc2ccncc2o1)[C@H]1CC[C@H]2[C@@H]3[C@H](O)C[C@@H]4C[C@H](O)CC[C@]4(C)[C@H]3C[C@H](O)[C@]12C. The lowest BCUT2D eigenvalue weighted by molar-refractivity contribution is -0.207. The lowest BCUT2D eigenvalue weighted by Gasteiger charge is -2.63. The molecule has 4 aliphatic rings. The Morgan fingerprint density at radius 3 is 2.71 bits per heavy atom. The van der Waals surface area contributed by atoms with Crippen LogP contribution in [0.4, 0.5) is 0 Å². The first-order valence-corrected chi connectivity index (χ1v) is 14.0. The molecule has 2 heterocycles. The fourth-order valence-electron chi connectivity index (χ4n) is 9.62. The maximum atomic E-state index is 11.8. The standard InChI is InChI=1S/C29H42N2O4/c1-16(4-7-26-31-22-9-11-30-15-24(22)35-26)19-5-6-20-27-21(14-25(34)29(19,20)3)28(2)10-8-18(32)12-17(28)13-23(27)33/h9,11,15-21,23,25,27,32-34H,4-8,10,12-14H2,1-3H3/t16?,17-,18+,19+,20-,21-,23+,25-,27-,28-,29+/m0/s1. The average molecular weight is 483 g/mol. The van der Waals surface area contributed by atoms with Gasteiger partial charge in [-0.2, -0.15) is 0 Å². The number of pyridine rings is 1.